The monoisotopic (exact) mass is 785 g/mol. The van der Waals surface area contributed by atoms with Crippen molar-refractivity contribution in [3.05, 3.63) is 111 Å². The number of anilines is 2. The van der Waals surface area contributed by atoms with E-state index in [0.717, 1.165) is 66.5 Å². The zero-order chi connectivity index (χ0) is 39.1. The van der Waals surface area contributed by atoms with Crippen LogP contribution in [0.3, 0.4) is 0 Å². The summed E-state index contributed by atoms with van der Waals surface area (Å²) in [6, 6.07) is 20.8. The van der Waals surface area contributed by atoms with Crippen molar-refractivity contribution in [1.29, 1.82) is 0 Å². The molecule has 0 spiro atoms. The molecule has 1 fully saturated rings. The zero-order valence-corrected chi connectivity index (χ0v) is 33.0. The lowest BCUT2D eigenvalue weighted by molar-refractivity contribution is -0.146. The largest absolute Gasteiger partial charge is 0.469 e. The third-order valence-electron chi connectivity index (χ3n) is 10.7. The van der Waals surface area contributed by atoms with Gasteiger partial charge in [0.25, 0.3) is 11.8 Å². The van der Waals surface area contributed by atoms with E-state index in [1.807, 2.05) is 36.4 Å². The van der Waals surface area contributed by atoms with Gasteiger partial charge in [0.05, 0.1) is 36.2 Å². The maximum atomic E-state index is 13.9. The van der Waals surface area contributed by atoms with E-state index < -0.39 is 15.9 Å². The predicted octanol–water partition coefficient (Wildman–Crippen LogP) is 7.45. The van der Waals surface area contributed by atoms with Crippen LogP contribution >= 0.6 is 11.3 Å². The van der Waals surface area contributed by atoms with Gasteiger partial charge in [-0.1, -0.05) is 30.3 Å². The summed E-state index contributed by atoms with van der Waals surface area (Å²) in [6.45, 7) is 0. The fourth-order valence-corrected chi connectivity index (χ4v) is 10.2. The molecular formula is C42H47N3O8S2. The minimum atomic E-state index is -3.93. The third kappa shape index (κ3) is 9.34. The molecule has 0 bridgehead atoms. The summed E-state index contributed by atoms with van der Waals surface area (Å²) in [7, 11) is 0.330. The lowest BCUT2D eigenvalue weighted by Crippen LogP contribution is -2.40. The Balaban J connectivity index is 1.10. The Morgan fingerprint density at radius 1 is 0.782 bits per heavy atom. The number of carbonyl (C=O) groups excluding carboxylic acids is 4. The highest BCUT2D eigenvalue weighted by Crippen LogP contribution is 2.39. The lowest BCUT2D eigenvalue weighted by Gasteiger charge is -2.33. The van der Waals surface area contributed by atoms with Gasteiger partial charge in [-0.15, -0.1) is 11.3 Å². The Hall–Kier alpha value is -4.85. The molecule has 2 aliphatic carbocycles. The van der Waals surface area contributed by atoms with E-state index in [4.69, 9.17) is 9.47 Å². The van der Waals surface area contributed by atoms with Crippen molar-refractivity contribution in [1.82, 2.24) is 4.31 Å². The molecule has 3 aromatic carbocycles. The zero-order valence-electron chi connectivity index (χ0n) is 31.4. The summed E-state index contributed by atoms with van der Waals surface area (Å²) in [5, 5.41) is 6.42. The second-order valence-electron chi connectivity index (χ2n) is 14.1. The summed E-state index contributed by atoms with van der Waals surface area (Å²) >= 11 is 1.40. The van der Waals surface area contributed by atoms with E-state index in [1.165, 1.54) is 49.0 Å². The highest BCUT2D eigenvalue weighted by Gasteiger charge is 2.34. The van der Waals surface area contributed by atoms with Crippen molar-refractivity contribution in [3.8, 4) is 0 Å². The molecule has 2 aliphatic rings. The second-order valence-corrected chi connectivity index (χ2v) is 17.2. The number of hydrogen-bond donors (Lipinski definition) is 2. The number of rotatable bonds is 13. The molecule has 2 amide bonds. The van der Waals surface area contributed by atoms with Gasteiger partial charge in [-0.05, 0) is 130 Å². The summed E-state index contributed by atoms with van der Waals surface area (Å²) in [6.07, 6.45) is 8.27. The van der Waals surface area contributed by atoms with Crippen LogP contribution < -0.4 is 10.6 Å². The number of methoxy groups -OCH3 is 2. The fourth-order valence-electron chi connectivity index (χ4n) is 7.44. The van der Waals surface area contributed by atoms with Gasteiger partial charge in [-0.3, -0.25) is 14.4 Å². The number of carbonyl (C=O) groups is 4. The molecule has 0 saturated heterocycles. The van der Waals surface area contributed by atoms with Gasteiger partial charge >= 0.3 is 11.9 Å². The van der Waals surface area contributed by atoms with Crippen LogP contribution in [0.5, 0.6) is 0 Å². The number of aryl methyl sites for hydroxylation is 3. The molecule has 1 aromatic heterocycles. The van der Waals surface area contributed by atoms with Crippen LogP contribution in [0.15, 0.2) is 77.7 Å². The van der Waals surface area contributed by atoms with E-state index >= 15 is 0 Å². The van der Waals surface area contributed by atoms with Gasteiger partial charge < -0.3 is 20.1 Å². The van der Waals surface area contributed by atoms with Gasteiger partial charge in [0.2, 0.25) is 10.0 Å². The highest BCUT2D eigenvalue weighted by molar-refractivity contribution is 7.89. The number of ether oxygens (including phenoxy) is 2. The van der Waals surface area contributed by atoms with Crippen molar-refractivity contribution < 1.29 is 37.1 Å². The number of nitrogens with one attached hydrogen (secondary N) is 2. The quantitative estimate of drug-likeness (QED) is 0.133. The maximum absolute atomic E-state index is 13.9. The Bertz CT molecular complexity index is 2140. The van der Waals surface area contributed by atoms with E-state index in [0.29, 0.717) is 47.5 Å². The number of sulfonamides is 1. The van der Waals surface area contributed by atoms with Crippen molar-refractivity contribution >= 4 is 55.8 Å². The van der Waals surface area contributed by atoms with Crippen molar-refractivity contribution in [2.24, 2.45) is 5.92 Å². The standard InChI is InChI=1S/C42H47N3O8S2/c1-45(33-24-20-30(21-25-33)42(49)53-3)55(50,51)34-11-7-10-31(26-34)38(46)44-40-37(35-12-4-5-13-36(35)54-40)39(47)43-32-22-16-28(17-23-32)9-6-8-27-14-18-29(19-15-27)41(48)52-2/h7,10-11,14-19,22-23,26,30,33H,4-6,8-9,12-13,20-21,24-25H2,1-3H3,(H,43,47)(H,44,46). The number of thiophene rings is 1. The first kappa shape index (κ1) is 39.8. The molecule has 0 unspecified atom stereocenters. The van der Waals surface area contributed by atoms with Gasteiger partial charge in [0.1, 0.15) is 5.00 Å². The highest BCUT2D eigenvalue weighted by atomic mass is 32.2. The molecule has 0 radical (unpaired) electrons. The SMILES string of the molecule is COC(=O)c1ccc(CCCc2ccc(NC(=O)c3c(NC(=O)c4cccc(S(=O)(=O)N(C)C5CCC(C(=O)OC)CC5)c4)sc4c3CCCC4)cc2)cc1. The first-order valence-electron chi connectivity index (χ1n) is 18.7. The van der Waals surface area contributed by atoms with Crippen LogP contribution in [0.25, 0.3) is 0 Å². The van der Waals surface area contributed by atoms with Crippen LogP contribution in [-0.4, -0.2) is 63.8 Å². The molecule has 6 rings (SSSR count). The van der Waals surface area contributed by atoms with Gasteiger partial charge in [-0.2, -0.15) is 4.31 Å². The molecule has 13 heteroatoms. The van der Waals surface area contributed by atoms with Crippen LogP contribution in [0.1, 0.15) is 97.6 Å². The first-order valence-corrected chi connectivity index (χ1v) is 20.9. The van der Waals surface area contributed by atoms with Gasteiger partial charge in [-0.25, -0.2) is 13.2 Å². The maximum Gasteiger partial charge on any atom is 0.337 e. The minimum Gasteiger partial charge on any atom is -0.469 e. The summed E-state index contributed by atoms with van der Waals surface area (Å²) in [5.74, 6) is -1.66. The fraction of sp³-hybridized carbons (Fsp3) is 0.381. The number of hydrogen-bond acceptors (Lipinski definition) is 9. The minimum absolute atomic E-state index is 0.000998. The predicted molar refractivity (Wildman–Crippen MR) is 212 cm³/mol. The molecule has 2 N–H and O–H groups in total. The van der Waals surface area contributed by atoms with Crippen LogP contribution in [-0.2, 0) is 50.0 Å². The molecule has 1 heterocycles. The average Bonchev–Trinajstić information content (AvgIpc) is 3.58. The number of esters is 2. The number of fused-ring (bicyclic) bond motifs is 1. The second kappa shape index (κ2) is 17.7. The molecule has 1 saturated carbocycles. The summed E-state index contributed by atoms with van der Waals surface area (Å²) in [5.41, 5.74) is 4.98. The third-order valence-corrected chi connectivity index (χ3v) is 13.8. The molecule has 55 heavy (non-hydrogen) atoms. The van der Waals surface area contributed by atoms with E-state index in [1.54, 1.807) is 24.3 Å². The normalized spacial score (nSPS) is 16.9. The van der Waals surface area contributed by atoms with E-state index in [2.05, 4.69) is 10.6 Å². The Kier molecular flexibility index (Phi) is 12.8. The number of benzene rings is 3. The van der Waals surface area contributed by atoms with Crippen LogP contribution in [0.4, 0.5) is 10.7 Å². The van der Waals surface area contributed by atoms with Crippen LogP contribution in [0.2, 0.25) is 0 Å². The smallest absolute Gasteiger partial charge is 0.337 e. The average molecular weight is 786 g/mol. The molecule has 0 atom stereocenters. The molecule has 290 valence electrons. The van der Waals surface area contributed by atoms with E-state index in [-0.39, 0.29) is 40.3 Å². The molecule has 0 aliphatic heterocycles. The Morgan fingerprint density at radius 3 is 2.09 bits per heavy atom. The van der Waals surface area contributed by atoms with Crippen molar-refractivity contribution in [3.63, 3.8) is 0 Å². The lowest BCUT2D eigenvalue weighted by atomic mass is 9.86. The molecular weight excluding hydrogens is 739 g/mol. The number of nitrogens with zero attached hydrogens (tertiary/aromatic N) is 1. The van der Waals surface area contributed by atoms with E-state index in [9.17, 15) is 27.6 Å². The Morgan fingerprint density at radius 2 is 1.44 bits per heavy atom. The first-order chi connectivity index (χ1) is 26.5. The summed E-state index contributed by atoms with van der Waals surface area (Å²) in [4.78, 5) is 52.3. The van der Waals surface area contributed by atoms with Crippen molar-refractivity contribution in [2.45, 2.75) is 81.6 Å². The van der Waals surface area contributed by atoms with Crippen molar-refractivity contribution in [2.75, 3.05) is 31.9 Å². The topological polar surface area (TPSA) is 148 Å². The van der Waals surface area contributed by atoms with Gasteiger partial charge in [0.15, 0.2) is 0 Å². The van der Waals surface area contributed by atoms with Gasteiger partial charge in [0, 0.05) is 29.2 Å². The number of amides is 2. The Labute approximate surface area is 326 Å². The molecule has 4 aromatic rings. The summed E-state index contributed by atoms with van der Waals surface area (Å²) < 4.78 is 38.4. The van der Waals surface area contributed by atoms with Crippen LogP contribution in [0, 0.1) is 5.92 Å². The molecule has 11 nitrogen and oxygen atoms in total.